The minimum atomic E-state index is -0.301. The number of fused-ring (bicyclic) bond motifs is 1. The molecule has 1 heterocycles. The molecule has 0 radical (unpaired) electrons. The summed E-state index contributed by atoms with van der Waals surface area (Å²) in [5, 5.41) is 3.77. The van der Waals surface area contributed by atoms with Crippen LogP contribution in [0, 0.1) is 6.92 Å². The first-order valence-electron chi connectivity index (χ1n) is 10.8. The van der Waals surface area contributed by atoms with Crippen molar-refractivity contribution < 1.29 is 14.3 Å². The van der Waals surface area contributed by atoms with E-state index in [1.54, 1.807) is 31.4 Å². The second-order valence-electron chi connectivity index (χ2n) is 7.79. The number of nitrogens with one attached hydrogen (secondary N) is 1. The van der Waals surface area contributed by atoms with Gasteiger partial charge in [-0.2, -0.15) is 0 Å². The van der Waals surface area contributed by atoms with Gasteiger partial charge in [-0.05, 0) is 74.0 Å². The summed E-state index contributed by atoms with van der Waals surface area (Å²) in [4.78, 5) is 17.6. The summed E-state index contributed by atoms with van der Waals surface area (Å²) < 4.78 is 13.2. The van der Waals surface area contributed by atoms with Crippen molar-refractivity contribution in [1.82, 2.24) is 14.9 Å². The van der Waals surface area contributed by atoms with E-state index in [-0.39, 0.29) is 11.9 Å². The van der Waals surface area contributed by atoms with E-state index in [4.69, 9.17) is 26.1 Å². The van der Waals surface area contributed by atoms with Crippen molar-refractivity contribution in [3.05, 3.63) is 88.7 Å². The number of imidazole rings is 1. The average Bonchev–Trinajstić information content (AvgIpc) is 3.20. The highest BCUT2D eigenvalue weighted by Gasteiger charge is 2.19. The molecule has 0 bridgehead atoms. The molecule has 0 saturated carbocycles. The van der Waals surface area contributed by atoms with Gasteiger partial charge in [0.25, 0.3) is 5.91 Å². The Hall–Kier alpha value is -3.51. The molecule has 4 aromatic rings. The molecule has 3 aromatic carbocycles. The van der Waals surface area contributed by atoms with Gasteiger partial charge in [0, 0.05) is 10.6 Å². The maximum atomic E-state index is 12.8. The van der Waals surface area contributed by atoms with E-state index in [0.717, 1.165) is 28.2 Å². The van der Waals surface area contributed by atoms with Gasteiger partial charge in [-0.3, -0.25) is 4.79 Å². The molecule has 1 amide bonds. The van der Waals surface area contributed by atoms with Gasteiger partial charge in [0.1, 0.15) is 23.9 Å². The summed E-state index contributed by atoms with van der Waals surface area (Å²) in [6, 6.07) is 20.3. The SMILES string of the molecule is COc1ccc(C(=O)NC(C)c2nc3ccccc3n2CCOc2ccc(Cl)c(C)c2)cc1. The second kappa shape index (κ2) is 9.96. The molecule has 1 atom stereocenters. The molecule has 33 heavy (non-hydrogen) atoms. The summed E-state index contributed by atoms with van der Waals surface area (Å²) in [6.45, 7) is 4.92. The van der Waals surface area contributed by atoms with Crippen molar-refractivity contribution in [2.75, 3.05) is 13.7 Å². The first kappa shape index (κ1) is 22.7. The normalized spacial score (nSPS) is 11.9. The van der Waals surface area contributed by atoms with Crippen molar-refractivity contribution >= 4 is 28.5 Å². The number of rotatable bonds is 8. The molecular formula is C26H26ClN3O3. The molecule has 0 spiro atoms. The van der Waals surface area contributed by atoms with Gasteiger partial charge < -0.3 is 19.4 Å². The minimum absolute atomic E-state index is 0.170. The van der Waals surface area contributed by atoms with Crippen LogP contribution in [0.1, 0.15) is 34.7 Å². The van der Waals surface area contributed by atoms with E-state index in [1.165, 1.54) is 0 Å². The van der Waals surface area contributed by atoms with Crippen LogP contribution in [0.15, 0.2) is 66.7 Å². The van der Waals surface area contributed by atoms with Crippen molar-refractivity contribution in [3.8, 4) is 11.5 Å². The van der Waals surface area contributed by atoms with E-state index in [1.807, 2.05) is 56.3 Å². The fraction of sp³-hybridized carbons (Fsp3) is 0.231. The van der Waals surface area contributed by atoms with Crippen LogP contribution in [0.4, 0.5) is 0 Å². The maximum absolute atomic E-state index is 12.8. The lowest BCUT2D eigenvalue weighted by Gasteiger charge is -2.17. The molecule has 170 valence electrons. The van der Waals surface area contributed by atoms with Gasteiger partial charge in [0.2, 0.25) is 0 Å². The Bertz CT molecular complexity index is 1270. The number of hydrogen-bond acceptors (Lipinski definition) is 4. The predicted molar refractivity (Wildman–Crippen MR) is 130 cm³/mol. The largest absolute Gasteiger partial charge is 0.497 e. The van der Waals surface area contributed by atoms with Gasteiger partial charge in [-0.25, -0.2) is 4.98 Å². The number of amides is 1. The Morgan fingerprint density at radius 3 is 2.55 bits per heavy atom. The number of ether oxygens (including phenoxy) is 2. The number of halogens is 1. The van der Waals surface area contributed by atoms with Crippen molar-refractivity contribution in [2.24, 2.45) is 0 Å². The Morgan fingerprint density at radius 2 is 1.82 bits per heavy atom. The molecule has 1 aromatic heterocycles. The zero-order chi connectivity index (χ0) is 23.4. The molecular weight excluding hydrogens is 438 g/mol. The smallest absolute Gasteiger partial charge is 0.251 e. The molecule has 7 heteroatoms. The summed E-state index contributed by atoms with van der Waals surface area (Å²) >= 11 is 6.11. The van der Waals surface area contributed by atoms with Crippen LogP contribution in [0.2, 0.25) is 5.02 Å². The molecule has 0 fully saturated rings. The molecule has 0 aliphatic heterocycles. The summed E-state index contributed by atoms with van der Waals surface area (Å²) in [5.74, 6) is 2.08. The molecule has 0 saturated heterocycles. The standard InChI is InChI=1S/C26H26ClN3O3/c1-17-16-21(12-13-22(17)27)33-15-14-30-24-7-5-4-6-23(24)29-25(30)18(2)28-26(31)19-8-10-20(32-3)11-9-19/h4-13,16,18H,14-15H2,1-3H3,(H,28,31). The highest BCUT2D eigenvalue weighted by atomic mass is 35.5. The van der Waals surface area contributed by atoms with Gasteiger partial charge in [-0.1, -0.05) is 23.7 Å². The molecule has 1 N–H and O–H groups in total. The Balaban J connectivity index is 1.52. The number of aryl methyl sites for hydroxylation is 1. The summed E-state index contributed by atoms with van der Waals surface area (Å²) in [7, 11) is 1.60. The molecule has 6 nitrogen and oxygen atoms in total. The Labute approximate surface area is 198 Å². The van der Waals surface area contributed by atoms with Crippen LogP contribution in [0.3, 0.4) is 0 Å². The zero-order valence-corrected chi connectivity index (χ0v) is 19.6. The third-order valence-corrected chi connectivity index (χ3v) is 5.91. The van der Waals surface area contributed by atoms with Gasteiger partial charge in [0.05, 0.1) is 30.7 Å². The van der Waals surface area contributed by atoms with Crippen molar-refractivity contribution in [1.29, 1.82) is 0 Å². The van der Waals surface area contributed by atoms with Gasteiger partial charge in [0.15, 0.2) is 0 Å². The first-order valence-corrected chi connectivity index (χ1v) is 11.1. The fourth-order valence-corrected chi connectivity index (χ4v) is 3.83. The Kier molecular flexibility index (Phi) is 6.84. The van der Waals surface area contributed by atoms with Crippen molar-refractivity contribution in [2.45, 2.75) is 26.4 Å². The van der Waals surface area contributed by atoms with Crippen LogP contribution in [0.5, 0.6) is 11.5 Å². The Morgan fingerprint density at radius 1 is 1.09 bits per heavy atom. The van der Waals surface area contributed by atoms with E-state index >= 15 is 0 Å². The number of carbonyl (C=O) groups excluding carboxylic acids is 1. The summed E-state index contributed by atoms with van der Waals surface area (Å²) in [5.41, 5.74) is 3.40. The fourth-order valence-electron chi connectivity index (χ4n) is 3.71. The number of aromatic nitrogens is 2. The third kappa shape index (κ3) is 5.12. The third-order valence-electron chi connectivity index (χ3n) is 5.48. The average molecular weight is 464 g/mol. The highest BCUT2D eigenvalue weighted by molar-refractivity contribution is 6.31. The first-order chi connectivity index (χ1) is 16.0. The maximum Gasteiger partial charge on any atom is 0.251 e. The second-order valence-corrected chi connectivity index (χ2v) is 8.20. The predicted octanol–water partition coefficient (Wildman–Crippen LogP) is 5.58. The molecule has 0 aliphatic carbocycles. The molecule has 0 aliphatic rings. The number of nitrogens with zero attached hydrogens (tertiary/aromatic N) is 2. The number of carbonyl (C=O) groups is 1. The minimum Gasteiger partial charge on any atom is -0.497 e. The molecule has 4 rings (SSSR count). The van der Waals surface area contributed by atoms with Gasteiger partial charge >= 0.3 is 0 Å². The lowest BCUT2D eigenvalue weighted by Crippen LogP contribution is -2.29. The molecule has 1 unspecified atom stereocenters. The van der Waals surface area contributed by atoms with Crippen LogP contribution < -0.4 is 14.8 Å². The lowest BCUT2D eigenvalue weighted by molar-refractivity contribution is 0.0937. The quantitative estimate of drug-likeness (QED) is 0.370. The van der Waals surface area contributed by atoms with Crippen LogP contribution in [-0.2, 0) is 6.54 Å². The topological polar surface area (TPSA) is 65.4 Å². The van der Waals surface area contributed by atoms with Crippen LogP contribution >= 0.6 is 11.6 Å². The number of benzene rings is 3. The number of para-hydroxylation sites is 2. The summed E-state index contributed by atoms with van der Waals surface area (Å²) in [6.07, 6.45) is 0. The van der Waals surface area contributed by atoms with Gasteiger partial charge in [-0.15, -0.1) is 0 Å². The monoisotopic (exact) mass is 463 g/mol. The van der Waals surface area contributed by atoms with Crippen LogP contribution in [-0.4, -0.2) is 29.2 Å². The zero-order valence-electron chi connectivity index (χ0n) is 18.8. The lowest BCUT2D eigenvalue weighted by atomic mass is 10.2. The number of hydrogen-bond donors (Lipinski definition) is 1. The van der Waals surface area contributed by atoms with E-state index < -0.39 is 0 Å². The van der Waals surface area contributed by atoms with Crippen LogP contribution in [0.25, 0.3) is 11.0 Å². The van der Waals surface area contributed by atoms with E-state index in [2.05, 4.69) is 9.88 Å². The number of methoxy groups -OCH3 is 1. The van der Waals surface area contributed by atoms with E-state index in [9.17, 15) is 4.79 Å². The van der Waals surface area contributed by atoms with E-state index in [0.29, 0.717) is 29.5 Å². The van der Waals surface area contributed by atoms with Crippen molar-refractivity contribution in [3.63, 3.8) is 0 Å². The highest BCUT2D eigenvalue weighted by Crippen LogP contribution is 2.23.